The van der Waals surface area contributed by atoms with E-state index in [1.54, 1.807) is 0 Å². The molecule has 104 valence electrons. The van der Waals surface area contributed by atoms with E-state index in [2.05, 4.69) is 10.6 Å². The molecule has 5 nitrogen and oxygen atoms in total. The van der Waals surface area contributed by atoms with Gasteiger partial charge in [-0.25, -0.2) is 13.6 Å². The summed E-state index contributed by atoms with van der Waals surface area (Å²) in [6.45, 7) is 1.45. The summed E-state index contributed by atoms with van der Waals surface area (Å²) in [6.07, 6.45) is -0.212. The summed E-state index contributed by atoms with van der Waals surface area (Å²) in [5.74, 6) is -3.04. The molecular weight excluding hydrogens is 258 g/mol. The highest BCUT2D eigenvalue weighted by molar-refractivity contribution is 5.75. The number of carbonyl (C=O) groups excluding carboxylic acids is 1. The molecule has 1 atom stereocenters. The molecule has 1 unspecified atom stereocenters. The lowest BCUT2D eigenvalue weighted by Crippen LogP contribution is -2.38. The Hall–Kier alpha value is -2.18. The van der Waals surface area contributed by atoms with Crippen molar-refractivity contribution in [1.82, 2.24) is 10.6 Å². The molecule has 1 rings (SSSR count). The van der Waals surface area contributed by atoms with Gasteiger partial charge in [0.25, 0.3) is 0 Å². The fraction of sp³-hybridized carbons (Fsp3) is 0.333. The maximum Gasteiger partial charge on any atom is 0.315 e. The topological polar surface area (TPSA) is 78.4 Å². The van der Waals surface area contributed by atoms with Crippen LogP contribution in [0.25, 0.3) is 0 Å². The van der Waals surface area contributed by atoms with Gasteiger partial charge in [-0.3, -0.25) is 4.79 Å². The number of urea groups is 1. The van der Waals surface area contributed by atoms with Crippen LogP contribution in [0.2, 0.25) is 0 Å². The van der Waals surface area contributed by atoms with Gasteiger partial charge >= 0.3 is 12.0 Å². The number of halogens is 2. The van der Waals surface area contributed by atoms with E-state index in [4.69, 9.17) is 5.11 Å². The molecule has 0 aromatic heterocycles. The van der Waals surface area contributed by atoms with Gasteiger partial charge < -0.3 is 15.7 Å². The lowest BCUT2D eigenvalue weighted by molar-refractivity contribution is -0.136. The second-order valence-electron chi connectivity index (χ2n) is 3.91. The summed E-state index contributed by atoms with van der Waals surface area (Å²) in [5.41, 5.74) is 0.0217. The minimum absolute atomic E-state index is 0.0217. The van der Waals surface area contributed by atoms with Crippen LogP contribution in [-0.4, -0.2) is 23.7 Å². The first-order chi connectivity index (χ1) is 8.91. The maximum absolute atomic E-state index is 13.4. The van der Waals surface area contributed by atoms with E-state index in [9.17, 15) is 18.4 Å². The molecule has 0 heterocycles. The molecule has 0 aliphatic rings. The van der Waals surface area contributed by atoms with Crippen molar-refractivity contribution in [2.45, 2.75) is 19.4 Å². The monoisotopic (exact) mass is 272 g/mol. The van der Waals surface area contributed by atoms with Gasteiger partial charge in [0.1, 0.15) is 0 Å². The fourth-order valence-electron chi connectivity index (χ4n) is 1.46. The molecular formula is C12H14F2N2O3. The molecule has 0 radical (unpaired) electrons. The standard InChI is InChI=1S/C12H14F2N2O3/c1-7(8-3-2-4-9(13)11(8)14)16-12(19)15-6-5-10(17)18/h2-4,7H,5-6H2,1H3,(H,17,18)(H2,15,16,19). The van der Waals surface area contributed by atoms with Crippen LogP contribution < -0.4 is 10.6 Å². The van der Waals surface area contributed by atoms with Crippen LogP contribution >= 0.6 is 0 Å². The van der Waals surface area contributed by atoms with Gasteiger partial charge in [0.15, 0.2) is 11.6 Å². The van der Waals surface area contributed by atoms with E-state index >= 15 is 0 Å². The van der Waals surface area contributed by atoms with Crippen molar-refractivity contribution >= 4 is 12.0 Å². The Balaban J connectivity index is 2.54. The normalized spacial score (nSPS) is 11.7. The number of carboxylic acid groups (broad SMARTS) is 1. The second-order valence-corrected chi connectivity index (χ2v) is 3.91. The third kappa shape index (κ3) is 4.53. The van der Waals surface area contributed by atoms with Crippen molar-refractivity contribution < 1.29 is 23.5 Å². The van der Waals surface area contributed by atoms with Crippen molar-refractivity contribution in [2.75, 3.05) is 6.54 Å². The molecule has 0 aliphatic heterocycles. The van der Waals surface area contributed by atoms with Crippen molar-refractivity contribution in [2.24, 2.45) is 0 Å². The van der Waals surface area contributed by atoms with Crippen LogP contribution in [0.3, 0.4) is 0 Å². The smallest absolute Gasteiger partial charge is 0.315 e. The minimum atomic E-state index is -1.04. The largest absolute Gasteiger partial charge is 0.481 e. The maximum atomic E-state index is 13.4. The Labute approximate surface area is 108 Å². The second kappa shape index (κ2) is 6.67. The van der Waals surface area contributed by atoms with E-state index < -0.39 is 29.7 Å². The number of carbonyl (C=O) groups is 2. The van der Waals surface area contributed by atoms with Crippen LogP contribution in [0.4, 0.5) is 13.6 Å². The highest BCUT2D eigenvalue weighted by atomic mass is 19.2. The zero-order chi connectivity index (χ0) is 14.4. The molecule has 0 aliphatic carbocycles. The Bertz CT molecular complexity index is 480. The van der Waals surface area contributed by atoms with Gasteiger partial charge in [-0.1, -0.05) is 12.1 Å². The Morgan fingerprint density at radius 2 is 2.05 bits per heavy atom. The molecule has 2 amide bonds. The van der Waals surface area contributed by atoms with E-state index in [-0.39, 0.29) is 18.5 Å². The summed E-state index contributed by atoms with van der Waals surface area (Å²) >= 11 is 0. The van der Waals surface area contributed by atoms with Crippen molar-refractivity contribution in [3.8, 4) is 0 Å². The number of amides is 2. The van der Waals surface area contributed by atoms with Gasteiger partial charge in [0, 0.05) is 12.1 Å². The highest BCUT2D eigenvalue weighted by Gasteiger charge is 2.15. The summed E-state index contributed by atoms with van der Waals surface area (Å²) in [5, 5.41) is 13.1. The van der Waals surface area contributed by atoms with E-state index in [0.29, 0.717) is 0 Å². The fourth-order valence-corrected chi connectivity index (χ4v) is 1.46. The average Bonchev–Trinajstić information content (AvgIpc) is 2.31. The number of carboxylic acids is 1. The number of hydrogen-bond acceptors (Lipinski definition) is 2. The van der Waals surface area contributed by atoms with Crippen LogP contribution in [0.5, 0.6) is 0 Å². The van der Waals surface area contributed by atoms with Crippen LogP contribution in [-0.2, 0) is 4.79 Å². The lowest BCUT2D eigenvalue weighted by Gasteiger charge is -2.15. The Morgan fingerprint density at radius 3 is 2.68 bits per heavy atom. The average molecular weight is 272 g/mol. The van der Waals surface area contributed by atoms with Gasteiger partial charge in [0.05, 0.1) is 12.5 Å². The summed E-state index contributed by atoms with van der Waals surface area (Å²) in [6, 6.07) is 2.31. The first-order valence-electron chi connectivity index (χ1n) is 5.62. The van der Waals surface area contributed by atoms with Crippen LogP contribution in [0.15, 0.2) is 18.2 Å². The molecule has 3 N–H and O–H groups in total. The molecule has 7 heteroatoms. The van der Waals surface area contributed by atoms with Gasteiger partial charge in [-0.05, 0) is 13.0 Å². The quantitative estimate of drug-likeness (QED) is 0.764. The summed E-state index contributed by atoms with van der Waals surface area (Å²) in [4.78, 5) is 21.6. The number of hydrogen-bond donors (Lipinski definition) is 3. The number of rotatable bonds is 5. The number of aliphatic carboxylic acids is 1. The minimum Gasteiger partial charge on any atom is -0.481 e. The van der Waals surface area contributed by atoms with Gasteiger partial charge in [0.2, 0.25) is 0 Å². The van der Waals surface area contributed by atoms with E-state index in [1.165, 1.54) is 19.1 Å². The molecule has 1 aromatic carbocycles. The Morgan fingerprint density at radius 1 is 1.37 bits per heavy atom. The zero-order valence-corrected chi connectivity index (χ0v) is 10.2. The van der Waals surface area contributed by atoms with E-state index in [1.807, 2.05) is 0 Å². The summed E-state index contributed by atoms with van der Waals surface area (Å²) < 4.78 is 26.4. The molecule has 0 spiro atoms. The van der Waals surface area contributed by atoms with Crippen molar-refractivity contribution in [1.29, 1.82) is 0 Å². The van der Waals surface area contributed by atoms with Gasteiger partial charge in [-0.15, -0.1) is 0 Å². The molecule has 0 fully saturated rings. The lowest BCUT2D eigenvalue weighted by atomic mass is 10.1. The Kier molecular flexibility index (Phi) is 5.23. The SMILES string of the molecule is CC(NC(=O)NCCC(=O)O)c1cccc(F)c1F. The zero-order valence-electron chi connectivity index (χ0n) is 10.2. The molecule has 0 saturated heterocycles. The van der Waals surface area contributed by atoms with Crippen molar-refractivity contribution in [3.05, 3.63) is 35.4 Å². The molecule has 19 heavy (non-hydrogen) atoms. The van der Waals surface area contributed by atoms with Crippen LogP contribution in [0.1, 0.15) is 24.9 Å². The molecule has 0 bridgehead atoms. The molecule has 1 aromatic rings. The number of nitrogens with one attached hydrogen (secondary N) is 2. The third-order valence-corrected chi connectivity index (χ3v) is 2.42. The van der Waals surface area contributed by atoms with Crippen LogP contribution in [0, 0.1) is 11.6 Å². The van der Waals surface area contributed by atoms with Gasteiger partial charge in [-0.2, -0.15) is 0 Å². The number of benzene rings is 1. The predicted molar refractivity (Wildman–Crippen MR) is 63.6 cm³/mol. The first kappa shape index (κ1) is 14.9. The van der Waals surface area contributed by atoms with Crippen molar-refractivity contribution in [3.63, 3.8) is 0 Å². The third-order valence-electron chi connectivity index (χ3n) is 2.42. The predicted octanol–water partition coefficient (Wildman–Crippen LogP) is 1.80. The highest BCUT2D eigenvalue weighted by Crippen LogP contribution is 2.18. The summed E-state index contributed by atoms with van der Waals surface area (Å²) in [7, 11) is 0. The first-order valence-corrected chi connectivity index (χ1v) is 5.62. The molecule has 0 saturated carbocycles. The van der Waals surface area contributed by atoms with E-state index in [0.717, 1.165) is 6.07 Å².